The predicted molar refractivity (Wildman–Crippen MR) is 90.6 cm³/mol. The van der Waals surface area contributed by atoms with Crippen molar-refractivity contribution in [3.8, 4) is 6.07 Å². The maximum atomic E-state index is 12.1. The van der Waals surface area contributed by atoms with Gasteiger partial charge < -0.3 is 15.0 Å². The molecule has 1 aromatic rings. The second-order valence-corrected chi connectivity index (χ2v) is 6.12. The van der Waals surface area contributed by atoms with Gasteiger partial charge in [-0.15, -0.1) is 0 Å². The second-order valence-electron chi connectivity index (χ2n) is 6.12. The lowest BCUT2D eigenvalue weighted by Crippen LogP contribution is -2.41. The van der Waals surface area contributed by atoms with Gasteiger partial charge in [0.2, 0.25) is 5.91 Å². The van der Waals surface area contributed by atoms with Crippen LogP contribution in [0.3, 0.4) is 0 Å². The lowest BCUT2D eigenvalue weighted by atomic mass is 10.0. The Morgan fingerprint density at radius 2 is 2.04 bits per heavy atom. The van der Waals surface area contributed by atoms with Gasteiger partial charge in [-0.3, -0.25) is 9.59 Å². The Balaban J connectivity index is 1.83. The van der Waals surface area contributed by atoms with Crippen LogP contribution in [-0.4, -0.2) is 42.4 Å². The maximum absolute atomic E-state index is 12.1. The lowest BCUT2D eigenvalue weighted by molar-refractivity contribution is -0.136. The molecule has 0 bridgehead atoms. The average Bonchev–Trinajstić information content (AvgIpc) is 2.60. The van der Waals surface area contributed by atoms with E-state index < -0.39 is 11.9 Å². The predicted octanol–water partition coefficient (Wildman–Crippen LogP) is 1.95. The number of hydrogen-bond acceptors (Lipinski definition) is 5. The zero-order valence-corrected chi connectivity index (χ0v) is 14.2. The van der Waals surface area contributed by atoms with Crippen molar-refractivity contribution >= 4 is 23.5 Å². The van der Waals surface area contributed by atoms with E-state index in [0.717, 1.165) is 12.8 Å². The third-order valence-corrected chi connectivity index (χ3v) is 3.98. The number of nitrogens with zero attached hydrogens (tertiary/aromatic N) is 2. The fourth-order valence-electron chi connectivity index (χ4n) is 2.68. The molecule has 1 atom stereocenters. The number of esters is 1. The smallest absolute Gasteiger partial charge is 0.338 e. The Bertz CT molecular complexity index is 679. The molecule has 7 nitrogen and oxygen atoms in total. The number of likely N-dealkylation sites (tertiary alicyclic amines) is 1. The lowest BCUT2D eigenvalue weighted by Gasteiger charge is -2.30. The van der Waals surface area contributed by atoms with Crippen LogP contribution in [0.4, 0.5) is 5.69 Å². The zero-order chi connectivity index (χ0) is 18.2. The van der Waals surface area contributed by atoms with Gasteiger partial charge in [0.25, 0.3) is 5.91 Å². The van der Waals surface area contributed by atoms with Gasteiger partial charge in [-0.25, -0.2) is 4.79 Å². The van der Waals surface area contributed by atoms with Crippen LogP contribution in [0.25, 0.3) is 0 Å². The largest absolute Gasteiger partial charge is 0.452 e. The van der Waals surface area contributed by atoms with E-state index >= 15 is 0 Å². The van der Waals surface area contributed by atoms with Gasteiger partial charge in [0.05, 0.1) is 11.6 Å². The molecule has 0 radical (unpaired) electrons. The molecule has 0 aromatic heterocycles. The first kappa shape index (κ1) is 18.5. The van der Waals surface area contributed by atoms with Crippen molar-refractivity contribution in [2.24, 2.45) is 5.92 Å². The standard InChI is InChI=1S/C18H21N3O4/c1-13-3-2-10-21(11-13)17(23)12-25-18(24)14-4-6-15(7-5-14)20-16(22)8-9-19/h4-7,13H,2-3,8,10-12H2,1H3,(H,20,22)/t13-/m0/s1. The first-order chi connectivity index (χ1) is 12.0. The van der Waals surface area contributed by atoms with Gasteiger partial charge in [0.1, 0.15) is 6.42 Å². The van der Waals surface area contributed by atoms with Crippen molar-refractivity contribution < 1.29 is 19.1 Å². The van der Waals surface area contributed by atoms with Crippen molar-refractivity contribution in [2.75, 3.05) is 25.0 Å². The summed E-state index contributed by atoms with van der Waals surface area (Å²) >= 11 is 0. The van der Waals surface area contributed by atoms with Crippen molar-refractivity contribution in [3.05, 3.63) is 29.8 Å². The third kappa shape index (κ3) is 5.60. The number of hydrogen-bond donors (Lipinski definition) is 1. The Kier molecular flexibility index (Phi) is 6.52. The van der Waals surface area contributed by atoms with Crippen molar-refractivity contribution in [1.82, 2.24) is 4.90 Å². The maximum Gasteiger partial charge on any atom is 0.338 e. The van der Waals surface area contributed by atoms with E-state index in [9.17, 15) is 14.4 Å². The second kappa shape index (κ2) is 8.83. The molecular formula is C18H21N3O4. The van der Waals surface area contributed by atoms with Crippen LogP contribution >= 0.6 is 0 Å². The van der Waals surface area contributed by atoms with E-state index in [0.29, 0.717) is 24.7 Å². The molecule has 25 heavy (non-hydrogen) atoms. The number of nitriles is 1. The SMILES string of the molecule is C[C@H]1CCCN(C(=O)COC(=O)c2ccc(NC(=O)CC#N)cc2)C1. The van der Waals surface area contributed by atoms with Crippen LogP contribution in [0.5, 0.6) is 0 Å². The Labute approximate surface area is 146 Å². The summed E-state index contributed by atoms with van der Waals surface area (Å²) in [6, 6.07) is 7.83. The fraction of sp³-hybridized carbons (Fsp3) is 0.444. The van der Waals surface area contributed by atoms with E-state index in [1.165, 1.54) is 12.1 Å². The first-order valence-corrected chi connectivity index (χ1v) is 8.21. The highest BCUT2D eigenvalue weighted by atomic mass is 16.5. The minimum Gasteiger partial charge on any atom is -0.452 e. The number of nitrogens with one attached hydrogen (secondary N) is 1. The third-order valence-electron chi connectivity index (χ3n) is 3.98. The van der Waals surface area contributed by atoms with E-state index in [4.69, 9.17) is 10.00 Å². The van der Waals surface area contributed by atoms with E-state index in [2.05, 4.69) is 12.2 Å². The van der Waals surface area contributed by atoms with Crippen molar-refractivity contribution in [1.29, 1.82) is 5.26 Å². The number of piperidine rings is 1. The van der Waals surface area contributed by atoms with E-state index in [1.807, 2.05) is 0 Å². The Hall–Kier alpha value is -2.88. The normalized spacial score (nSPS) is 16.6. The van der Waals surface area contributed by atoms with Crippen LogP contribution in [0.1, 0.15) is 36.5 Å². The molecular weight excluding hydrogens is 322 g/mol. The summed E-state index contributed by atoms with van der Waals surface area (Å²) in [5.41, 5.74) is 0.772. The summed E-state index contributed by atoms with van der Waals surface area (Å²) in [4.78, 5) is 37.1. The number of anilines is 1. The molecule has 0 spiro atoms. The number of rotatable bonds is 5. The quantitative estimate of drug-likeness (QED) is 0.824. The summed E-state index contributed by atoms with van der Waals surface area (Å²) in [7, 11) is 0. The van der Waals surface area contributed by atoms with Crippen LogP contribution in [-0.2, 0) is 14.3 Å². The number of carbonyl (C=O) groups excluding carboxylic acids is 3. The molecule has 0 unspecified atom stereocenters. The van der Waals surface area contributed by atoms with Gasteiger partial charge in [0, 0.05) is 18.8 Å². The van der Waals surface area contributed by atoms with E-state index in [-0.39, 0.29) is 24.5 Å². The first-order valence-electron chi connectivity index (χ1n) is 8.21. The van der Waals surface area contributed by atoms with Crippen molar-refractivity contribution in [2.45, 2.75) is 26.2 Å². The highest BCUT2D eigenvalue weighted by Gasteiger charge is 2.22. The van der Waals surface area contributed by atoms with Crippen LogP contribution < -0.4 is 5.32 Å². The molecule has 132 valence electrons. The zero-order valence-electron chi connectivity index (χ0n) is 14.2. The number of ether oxygens (including phenoxy) is 1. The minimum absolute atomic E-state index is 0.180. The number of carbonyl (C=O) groups is 3. The Morgan fingerprint density at radius 3 is 2.68 bits per heavy atom. The monoisotopic (exact) mass is 343 g/mol. The van der Waals surface area contributed by atoms with Gasteiger partial charge >= 0.3 is 5.97 Å². The van der Waals surface area contributed by atoms with E-state index in [1.54, 1.807) is 23.1 Å². The molecule has 1 aliphatic heterocycles. The summed E-state index contributed by atoms with van der Waals surface area (Å²) in [6.07, 6.45) is 1.85. The average molecular weight is 343 g/mol. The van der Waals surface area contributed by atoms with Gasteiger partial charge in [-0.2, -0.15) is 5.26 Å². The summed E-state index contributed by atoms with van der Waals surface area (Å²) in [6.45, 7) is 3.24. The van der Waals surface area contributed by atoms with Gasteiger partial charge in [-0.1, -0.05) is 6.92 Å². The summed E-state index contributed by atoms with van der Waals surface area (Å²) in [5, 5.41) is 11.0. The molecule has 1 aliphatic rings. The number of amides is 2. The molecule has 7 heteroatoms. The molecule has 1 heterocycles. The molecule has 1 N–H and O–H groups in total. The van der Waals surface area contributed by atoms with Crippen LogP contribution in [0, 0.1) is 17.2 Å². The minimum atomic E-state index is -0.590. The fourth-order valence-corrected chi connectivity index (χ4v) is 2.68. The molecule has 2 amide bonds. The molecule has 0 saturated carbocycles. The molecule has 1 saturated heterocycles. The highest BCUT2D eigenvalue weighted by molar-refractivity contribution is 5.94. The van der Waals surface area contributed by atoms with Crippen molar-refractivity contribution in [3.63, 3.8) is 0 Å². The van der Waals surface area contributed by atoms with Crippen LogP contribution in [0.2, 0.25) is 0 Å². The van der Waals surface area contributed by atoms with Crippen LogP contribution in [0.15, 0.2) is 24.3 Å². The molecule has 1 aromatic carbocycles. The topological polar surface area (TPSA) is 99.5 Å². The highest BCUT2D eigenvalue weighted by Crippen LogP contribution is 2.16. The summed E-state index contributed by atoms with van der Waals surface area (Å²) < 4.78 is 5.08. The van der Waals surface area contributed by atoms with Gasteiger partial charge in [-0.05, 0) is 43.0 Å². The molecule has 1 fully saturated rings. The van der Waals surface area contributed by atoms with Gasteiger partial charge in [0.15, 0.2) is 6.61 Å². The molecule has 2 rings (SSSR count). The molecule has 0 aliphatic carbocycles. The Morgan fingerprint density at radius 1 is 1.32 bits per heavy atom. The number of benzene rings is 1. The summed E-state index contributed by atoms with van der Waals surface area (Å²) in [5.74, 6) is -0.718.